The number of nitriles is 1. The van der Waals surface area contributed by atoms with Crippen molar-refractivity contribution in [2.75, 3.05) is 18.0 Å². The average molecular weight is 320 g/mol. The van der Waals surface area contributed by atoms with Crippen LogP contribution < -0.4 is 10.2 Å². The van der Waals surface area contributed by atoms with Gasteiger partial charge in [0.2, 0.25) is 5.91 Å². The van der Waals surface area contributed by atoms with Crippen molar-refractivity contribution in [3.63, 3.8) is 0 Å². The predicted octanol–water partition coefficient (Wildman–Crippen LogP) is 1.72. The first kappa shape index (κ1) is 14.5. The molecule has 24 heavy (non-hydrogen) atoms. The van der Waals surface area contributed by atoms with Crippen LogP contribution in [0.15, 0.2) is 30.7 Å². The number of aromatic nitrogens is 3. The van der Waals surface area contributed by atoms with Crippen LogP contribution in [0.4, 0.5) is 5.82 Å². The Morgan fingerprint density at radius 1 is 1.46 bits per heavy atom. The number of H-pyrrole nitrogens is 1. The van der Waals surface area contributed by atoms with E-state index in [1.54, 1.807) is 6.20 Å². The molecule has 0 spiro atoms. The molecular weight excluding hydrogens is 304 g/mol. The van der Waals surface area contributed by atoms with E-state index >= 15 is 0 Å². The third-order valence-corrected chi connectivity index (χ3v) is 4.38. The third-order valence-electron chi connectivity index (χ3n) is 4.38. The monoisotopic (exact) mass is 320 g/mol. The molecule has 1 amide bonds. The first-order chi connectivity index (χ1) is 11.8. The van der Waals surface area contributed by atoms with E-state index in [2.05, 4.69) is 25.2 Å². The van der Waals surface area contributed by atoms with Gasteiger partial charge in [-0.05, 0) is 18.6 Å². The van der Waals surface area contributed by atoms with Gasteiger partial charge >= 0.3 is 0 Å². The molecule has 2 N–H and O–H groups in total. The number of carbonyl (C=O) groups excluding carboxylic acids is 1. The van der Waals surface area contributed by atoms with Crippen molar-refractivity contribution < 1.29 is 4.79 Å². The molecule has 1 aliphatic rings. The van der Waals surface area contributed by atoms with Crippen LogP contribution in [0.25, 0.3) is 21.8 Å². The number of hydrogen-bond acceptors (Lipinski definition) is 5. The molecule has 4 heterocycles. The molecular formula is C17H16N6O. The molecule has 4 rings (SSSR count). The minimum Gasteiger partial charge on any atom is -0.354 e. The number of nitrogens with zero attached hydrogens (tertiary/aromatic N) is 4. The van der Waals surface area contributed by atoms with Gasteiger partial charge in [0.05, 0.1) is 6.07 Å². The van der Waals surface area contributed by atoms with Crippen molar-refractivity contribution in [3.05, 3.63) is 30.7 Å². The fraction of sp³-hybridized carbons (Fsp3) is 0.294. The summed E-state index contributed by atoms with van der Waals surface area (Å²) >= 11 is 0. The number of aromatic amines is 1. The molecule has 3 aromatic heterocycles. The Morgan fingerprint density at radius 3 is 3.25 bits per heavy atom. The first-order valence-corrected chi connectivity index (χ1v) is 7.88. The molecule has 0 bridgehead atoms. The van der Waals surface area contributed by atoms with E-state index in [1.807, 2.05) is 30.6 Å². The van der Waals surface area contributed by atoms with E-state index in [0.717, 1.165) is 40.6 Å². The predicted molar refractivity (Wildman–Crippen MR) is 90.4 cm³/mol. The van der Waals surface area contributed by atoms with Crippen LogP contribution in [0.2, 0.25) is 0 Å². The van der Waals surface area contributed by atoms with Gasteiger partial charge in [0.1, 0.15) is 17.9 Å². The summed E-state index contributed by atoms with van der Waals surface area (Å²) < 4.78 is 0. The summed E-state index contributed by atoms with van der Waals surface area (Å²) in [5, 5.41) is 14.7. The zero-order chi connectivity index (χ0) is 16.5. The van der Waals surface area contributed by atoms with Gasteiger partial charge in [0.15, 0.2) is 0 Å². The fourth-order valence-corrected chi connectivity index (χ4v) is 3.31. The van der Waals surface area contributed by atoms with Crippen molar-refractivity contribution >= 4 is 33.5 Å². The lowest BCUT2D eigenvalue weighted by molar-refractivity contribution is -0.120. The van der Waals surface area contributed by atoms with Crippen LogP contribution in [0, 0.1) is 11.3 Å². The second kappa shape index (κ2) is 5.81. The van der Waals surface area contributed by atoms with Gasteiger partial charge in [-0.2, -0.15) is 5.26 Å². The number of hydrogen-bond donors (Lipinski definition) is 2. The van der Waals surface area contributed by atoms with Crippen LogP contribution in [-0.2, 0) is 4.79 Å². The Kier molecular flexibility index (Phi) is 3.50. The van der Waals surface area contributed by atoms with E-state index in [4.69, 9.17) is 5.26 Å². The normalized spacial score (nSPS) is 17.3. The van der Waals surface area contributed by atoms with Crippen molar-refractivity contribution in [3.8, 4) is 6.07 Å². The lowest BCUT2D eigenvalue weighted by atomic mass is 10.1. The maximum atomic E-state index is 11.6. The SMILES string of the molecule is N#CCC(=O)NC1CCN(c2nccc3cnc4[nH]ccc4c23)C1. The Bertz CT molecular complexity index is 957. The van der Waals surface area contributed by atoms with Crippen LogP contribution >= 0.6 is 0 Å². The summed E-state index contributed by atoms with van der Waals surface area (Å²) in [6.07, 6.45) is 6.26. The van der Waals surface area contributed by atoms with Gasteiger partial charge in [-0.3, -0.25) is 4.79 Å². The van der Waals surface area contributed by atoms with E-state index in [1.165, 1.54) is 0 Å². The Labute approximate surface area is 138 Å². The van der Waals surface area contributed by atoms with Crippen molar-refractivity contribution in [1.82, 2.24) is 20.3 Å². The Balaban J connectivity index is 1.67. The molecule has 1 unspecified atom stereocenters. The van der Waals surface area contributed by atoms with E-state index < -0.39 is 0 Å². The zero-order valence-electron chi connectivity index (χ0n) is 13.0. The van der Waals surface area contributed by atoms with E-state index in [0.29, 0.717) is 6.54 Å². The molecule has 7 nitrogen and oxygen atoms in total. The van der Waals surface area contributed by atoms with Crippen LogP contribution in [0.1, 0.15) is 12.8 Å². The van der Waals surface area contributed by atoms with E-state index in [9.17, 15) is 4.79 Å². The van der Waals surface area contributed by atoms with Crippen molar-refractivity contribution in [2.24, 2.45) is 0 Å². The number of anilines is 1. The first-order valence-electron chi connectivity index (χ1n) is 7.88. The number of rotatable bonds is 3. The quantitative estimate of drug-likeness (QED) is 0.766. The largest absolute Gasteiger partial charge is 0.354 e. The van der Waals surface area contributed by atoms with Crippen LogP contribution in [0.5, 0.6) is 0 Å². The highest BCUT2D eigenvalue weighted by Crippen LogP contribution is 2.32. The van der Waals surface area contributed by atoms with Gasteiger partial charge in [-0.1, -0.05) is 0 Å². The lowest BCUT2D eigenvalue weighted by Crippen LogP contribution is -2.36. The second-order valence-corrected chi connectivity index (χ2v) is 5.93. The van der Waals surface area contributed by atoms with Gasteiger partial charge < -0.3 is 15.2 Å². The zero-order valence-corrected chi connectivity index (χ0v) is 13.0. The molecule has 1 atom stereocenters. The van der Waals surface area contributed by atoms with E-state index in [-0.39, 0.29) is 18.4 Å². The number of fused-ring (bicyclic) bond motifs is 3. The minimum absolute atomic E-state index is 0.0476. The number of pyridine rings is 2. The molecule has 3 aromatic rings. The second-order valence-electron chi connectivity index (χ2n) is 5.93. The summed E-state index contributed by atoms with van der Waals surface area (Å²) in [5.41, 5.74) is 0.842. The van der Waals surface area contributed by atoms with Crippen LogP contribution in [-0.4, -0.2) is 40.0 Å². The molecule has 7 heteroatoms. The highest BCUT2D eigenvalue weighted by molar-refractivity contribution is 6.10. The molecule has 0 saturated carbocycles. The van der Waals surface area contributed by atoms with Gasteiger partial charge in [0.25, 0.3) is 0 Å². The average Bonchev–Trinajstić information content (AvgIpc) is 3.23. The van der Waals surface area contributed by atoms with Gasteiger partial charge in [-0.15, -0.1) is 0 Å². The molecule has 0 radical (unpaired) electrons. The Morgan fingerprint density at radius 2 is 2.38 bits per heavy atom. The lowest BCUT2D eigenvalue weighted by Gasteiger charge is -2.20. The highest BCUT2D eigenvalue weighted by Gasteiger charge is 2.26. The summed E-state index contributed by atoms with van der Waals surface area (Å²) in [6.45, 7) is 1.51. The molecule has 1 aliphatic heterocycles. The smallest absolute Gasteiger partial charge is 0.234 e. The summed E-state index contributed by atoms with van der Waals surface area (Å²) in [6, 6.07) is 5.90. The fourth-order valence-electron chi connectivity index (χ4n) is 3.31. The van der Waals surface area contributed by atoms with Gasteiger partial charge in [-0.25, -0.2) is 9.97 Å². The third kappa shape index (κ3) is 2.42. The topological polar surface area (TPSA) is 97.7 Å². The molecule has 1 fully saturated rings. The van der Waals surface area contributed by atoms with Crippen molar-refractivity contribution in [1.29, 1.82) is 5.26 Å². The Hall–Kier alpha value is -3.14. The number of nitrogens with one attached hydrogen (secondary N) is 2. The molecule has 1 saturated heterocycles. The maximum Gasteiger partial charge on any atom is 0.234 e. The number of amides is 1. The molecule has 0 aliphatic carbocycles. The van der Waals surface area contributed by atoms with Crippen molar-refractivity contribution in [2.45, 2.75) is 18.9 Å². The maximum absolute atomic E-state index is 11.6. The van der Waals surface area contributed by atoms with Gasteiger partial charge in [0, 0.05) is 53.9 Å². The number of carbonyl (C=O) groups is 1. The molecule has 0 aromatic carbocycles. The summed E-state index contributed by atoms with van der Waals surface area (Å²) in [7, 11) is 0. The van der Waals surface area contributed by atoms with Crippen LogP contribution in [0.3, 0.4) is 0 Å². The molecule has 120 valence electrons. The summed E-state index contributed by atoms with van der Waals surface area (Å²) in [4.78, 5) is 25.9. The summed E-state index contributed by atoms with van der Waals surface area (Å²) in [5.74, 6) is 0.698. The highest BCUT2D eigenvalue weighted by atomic mass is 16.1. The minimum atomic E-state index is -0.215. The standard InChI is InChI=1S/C17H16N6O/c18-5-1-14(24)22-12-4-8-23(10-12)17-15-11(2-6-20-17)9-21-16-13(15)3-7-19-16/h2-3,6-7,9,12H,1,4,8,10H2,(H,19,21)(H,22,24).